The van der Waals surface area contributed by atoms with Gasteiger partial charge >= 0.3 is 0 Å². The maximum Gasteiger partial charge on any atom is 0.191 e. The van der Waals surface area contributed by atoms with Gasteiger partial charge in [0.15, 0.2) is 5.96 Å². The van der Waals surface area contributed by atoms with Crippen LogP contribution in [0.1, 0.15) is 35.2 Å². The molecule has 0 aliphatic carbocycles. The van der Waals surface area contributed by atoms with Crippen molar-refractivity contribution in [2.24, 2.45) is 4.99 Å². The molecule has 0 aliphatic rings. The van der Waals surface area contributed by atoms with Crippen LogP contribution in [0.15, 0.2) is 28.6 Å². The van der Waals surface area contributed by atoms with Crippen LogP contribution in [0.2, 0.25) is 0 Å². The number of ether oxygens (including phenoxy) is 1. The van der Waals surface area contributed by atoms with E-state index < -0.39 is 0 Å². The normalized spacial score (nSPS) is 11.4. The Morgan fingerprint density at radius 2 is 2.12 bits per heavy atom. The molecule has 6 heteroatoms. The van der Waals surface area contributed by atoms with E-state index in [9.17, 15) is 0 Å². The largest absolute Gasteiger partial charge is 0.494 e. The van der Waals surface area contributed by atoms with Crippen molar-refractivity contribution in [3.05, 3.63) is 45.4 Å². The Balaban J connectivity index is 1.78. The lowest BCUT2D eigenvalue weighted by molar-refractivity contribution is 0.336. The summed E-state index contributed by atoms with van der Waals surface area (Å²) in [6, 6.07) is 6.28. The van der Waals surface area contributed by atoms with Gasteiger partial charge in [-0.3, -0.25) is 4.99 Å². The molecular formula is C19H28N4OS. The zero-order valence-electron chi connectivity index (χ0n) is 15.6. The molecule has 136 valence electrons. The molecular weight excluding hydrogens is 332 g/mol. The van der Waals surface area contributed by atoms with Crippen molar-refractivity contribution >= 4 is 17.3 Å². The van der Waals surface area contributed by atoms with Crippen LogP contribution < -0.4 is 15.4 Å². The lowest BCUT2D eigenvalue weighted by atomic mass is 10.1. The van der Waals surface area contributed by atoms with Crippen LogP contribution in [0, 0.1) is 13.8 Å². The smallest absolute Gasteiger partial charge is 0.191 e. The Morgan fingerprint density at radius 1 is 1.28 bits per heavy atom. The highest BCUT2D eigenvalue weighted by molar-refractivity contribution is 7.09. The molecule has 0 saturated carbocycles. The topological polar surface area (TPSA) is 58.5 Å². The summed E-state index contributed by atoms with van der Waals surface area (Å²) in [5, 5.41) is 10.0. The molecule has 2 N–H and O–H groups in total. The first-order valence-corrected chi connectivity index (χ1v) is 9.58. The Bertz CT molecular complexity index is 696. The molecule has 0 spiro atoms. The molecule has 0 atom stereocenters. The van der Waals surface area contributed by atoms with E-state index in [1.165, 1.54) is 10.6 Å². The lowest BCUT2D eigenvalue weighted by Gasteiger charge is -2.15. The average Bonchev–Trinajstić information content (AvgIpc) is 3.01. The van der Waals surface area contributed by atoms with Gasteiger partial charge in [-0.05, 0) is 38.8 Å². The molecule has 25 heavy (non-hydrogen) atoms. The van der Waals surface area contributed by atoms with Crippen LogP contribution in [0.3, 0.4) is 0 Å². The van der Waals surface area contributed by atoms with Crippen molar-refractivity contribution < 1.29 is 4.74 Å². The average molecular weight is 361 g/mol. The third-order valence-corrected chi connectivity index (χ3v) is 4.75. The van der Waals surface area contributed by atoms with E-state index in [2.05, 4.69) is 51.1 Å². The number of rotatable bonds is 8. The van der Waals surface area contributed by atoms with E-state index in [1.54, 1.807) is 18.4 Å². The second kappa shape index (κ2) is 10.0. The van der Waals surface area contributed by atoms with Crippen molar-refractivity contribution in [2.75, 3.05) is 20.2 Å². The summed E-state index contributed by atoms with van der Waals surface area (Å²) < 4.78 is 5.73. The number of nitrogens with one attached hydrogen (secondary N) is 2. The highest BCUT2D eigenvalue weighted by atomic mass is 32.1. The fourth-order valence-corrected chi connectivity index (χ4v) is 3.28. The molecule has 1 aromatic carbocycles. The summed E-state index contributed by atoms with van der Waals surface area (Å²) >= 11 is 1.73. The zero-order chi connectivity index (χ0) is 18.1. The number of aryl methyl sites for hydroxylation is 3. The molecule has 0 saturated heterocycles. The maximum absolute atomic E-state index is 5.73. The number of thiazole rings is 1. The Hall–Kier alpha value is -2.08. The Morgan fingerprint density at radius 3 is 2.80 bits per heavy atom. The fourth-order valence-electron chi connectivity index (χ4n) is 2.46. The van der Waals surface area contributed by atoms with Gasteiger partial charge in [0.2, 0.25) is 0 Å². The SMILES string of the molecule is CCOc1cc(C)ccc1CNC(=NC)NCCCc1nc(C)cs1. The van der Waals surface area contributed by atoms with Crippen LogP contribution in [0.4, 0.5) is 0 Å². The molecule has 0 amide bonds. The fraction of sp³-hybridized carbons (Fsp3) is 0.474. The molecule has 1 aromatic heterocycles. The number of guanidine groups is 1. The molecule has 0 aliphatic heterocycles. The van der Waals surface area contributed by atoms with Gasteiger partial charge in [-0.2, -0.15) is 0 Å². The van der Waals surface area contributed by atoms with Gasteiger partial charge in [0, 0.05) is 43.2 Å². The van der Waals surface area contributed by atoms with Crippen LogP contribution in [0.25, 0.3) is 0 Å². The first-order valence-electron chi connectivity index (χ1n) is 8.70. The summed E-state index contributed by atoms with van der Waals surface area (Å²) in [7, 11) is 1.79. The summed E-state index contributed by atoms with van der Waals surface area (Å²) in [6.45, 7) is 8.32. The molecule has 0 bridgehead atoms. The van der Waals surface area contributed by atoms with Gasteiger partial charge in [0.25, 0.3) is 0 Å². The number of aliphatic imine (C=N–C) groups is 1. The second-order valence-corrected chi connectivity index (χ2v) is 6.83. The van der Waals surface area contributed by atoms with Crippen molar-refractivity contribution in [3.8, 4) is 5.75 Å². The van der Waals surface area contributed by atoms with E-state index in [0.717, 1.165) is 42.4 Å². The van der Waals surface area contributed by atoms with Crippen molar-refractivity contribution in [2.45, 2.75) is 40.2 Å². The van der Waals surface area contributed by atoms with E-state index in [4.69, 9.17) is 4.74 Å². The highest BCUT2D eigenvalue weighted by Crippen LogP contribution is 2.20. The Kier molecular flexibility index (Phi) is 7.73. The van der Waals surface area contributed by atoms with E-state index in [0.29, 0.717) is 13.2 Å². The van der Waals surface area contributed by atoms with Gasteiger partial charge in [-0.15, -0.1) is 11.3 Å². The molecule has 1 heterocycles. The highest BCUT2D eigenvalue weighted by Gasteiger charge is 2.05. The summed E-state index contributed by atoms with van der Waals surface area (Å²) in [5.74, 6) is 1.74. The van der Waals surface area contributed by atoms with Crippen LogP contribution >= 0.6 is 11.3 Å². The van der Waals surface area contributed by atoms with E-state index in [-0.39, 0.29) is 0 Å². The van der Waals surface area contributed by atoms with Crippen LogP contribution in [-0.2, 0) is 13.0 Å². The van der Waals surface area contributed by atoms with E-state index in [1.807, 2.05) is 13.8 Å². The standard InChI is InChI=1S/C19H28N4OS/c1-5-24-17-11-14(2)8-9-16(17)12-22-19(20-4)21-10-6-7-18-23-15(3)13-25-18/h8-9,11,13H,5-7,10,12H2,1-4H3,(H2,20,21,22). The molecule has 2 aromatic rings. The predicted molar refractivity (Wildman–Crippen MR) is 106 cm³/mol. The summed E-state index contributed by atoms with van der Waals surface area (Å²) in [6.07, 6.45) is 2.03. The minimum absolute atomic E-state index is 0.666. The third kappa shape index (κ3) is 6.38. The second-order valence-electron chi connectivity index (χ2n) is 5.88. The quantitative estimate of drug-likeness (QED) is 0.430. The molecule has 0 fully saturated rings. The number of nitrogens with zero attached hydrogens (tertiary/aromatic N) is 2. The number of benzene rings is 1. The van der Waals surface area contributed by atoms with Crippen molar-refractivity contribution in [1.82, 2.24) is 15.6 Å². The minimum atomic E-state index is 0.666. The molecule has 2 rings (SSSR count). The van der Waals surface area contributed by atoms with Crippen LogP contribution in [-0.4, -0.2) is 31.1 Å². The summed E-state index contributed by atoms with van der Waals surface area (Å²) in [5.41, 5.74) is 3.44. The van der Waals surface area contributed by atoms with Crippen molar-refractivity contribution in [1.29, 1.82) is 0 Å². The number of hydrogen-bond donors (Lipinski definition) is 2. The molecule has 5 nitrogen and oxygen atoms in total. The van der Waals surface area contributed by atoms with Gasteiger partial charge in [-0.25, -0.2) is 4.98 Å². The van der Waals surface area contributed by atoms with Gasteiger partial charge in [0.1, 0.15) is 5.75 Å². The minimum Gasteiger partial charge on any atom is -0.494 e. The van der Waals surface area contributed by atoms with E-state index >= 15 is 0 Å². The van der Waals surface area contributed by atoms with Gasteiger partial charge in [-0.1, -0.05) is 12.1 Å². The molecule has 0 unspecified atom stereocenters. The maximum atomic E-state index is 5.73. The third-order valence-electron chi connectivity index (χ3n) is 3.72. The first-order chi connectivity index (χ1) is 12.1. The first kappa shape index (κ1) is 19.2. The predicted octanol–water partition coefficient (Wildman–Crippen LogP) is 3.46. The monoisotopic (exact) mass is 360 g/mol. The van der Waals surface area contributed by atoms with Gasteiger partial charge in [0.05, 0.1) is 11.6 Å². The number of hydrogen-bond acceptors (Lipinski definition) is 4. The molecule has 0 radical (unpaired) electrons. The Labute approximate surface area is 154 Å². The lowest BCUT2D eigenvalue weighted by Crippen LogP contribution is -2.37. The van der Waals surface area contributed by atoms with Gasteiger partial charge < -0.3 is 15.4 Å². The summed E-state index contributed by atoms with van der Waals surface area (Å²) in [4.78, 5) is 8.77. The number of aromatic nitrogens is 1. The van der Waals surface area contributed by atoms with Crippen molar-refractivity contribution in [3.63, 3.8) is 0 Å². The zero-order valence-corrected chi connectivity index (χ0v) is 16.4. The van der Waals surface area contributed by atoms with Crippen LogP contribution in [0.5, 0.6) is 5.75 Å².